The Labute approximate surface area is 511 Å². The highest BCUT2D eigenvalue weighted by Gasteiger charge is 2.35. The van der Waals surface area contributed by atoms with Gasteiger partial charge in [0.1, 0.15) is 22.6 Å². The van der Waals surface area contributed by atoms with Gasteiger partial charge in [-0.25, -0.2) is 29.9 Å². The monoisotopic (exact) mass is 1220 g/mol. The van der Waals surface area contributed by atoms with Crippen molar-refractivity contribution in [2.75, 3.05) is 0 Å². The van der Waals surface area contributed by atoms with Crippen molar-refractivity contribution >= 4 is 138 Å². The molecule has 16 heteroatoms. The molecule has 426 valence electrons. The second-order valence-electron chi connectivity index (χ2n) is 28.6. The first-order chi connectivity index (χ1) is 36.6. The number of H-pyrrole nitrogens is 2. The number of nitrogens with zero attached hydrogens (tertiary/aromatic N) is 6. The molecule has 8 nitrogen and oxygen atoms in total. The molecule has 5 heterocycles. The number of rotatable bonds is 8. The van der Waals surface area contributed by atoms with Crippen LogP contribution in [0.15, 0.2) is 87.7 Å². The number of nitrogens with one attached hydrogen (secondary N) is 2. The Morgan fingerprint density at radius 1 is 0.225 bits per heavy atom. The summed E-state index contributed by atoms with van der Waals surface area (Å²) < 4.78 is -0.962. The molecule has 0 fully saturated rings. The lowest BCUT2D eigenvalue weighted by atomic mass is 10.1. The van der Waals surface area contributed by atoms with Crippen LogP contribution in [0.3, 0.4) is 0 Å². The molecule has 8 bridgehead atoms. The molecule has 0 saturated carbocycles. The summed E-state index contributed by atoms with van der Waals surface area (Å²) >= 11 is 14.8. The molecule has 4 aromatic carbocycles. The number of hydrogen-bond acceptors (Lipinski definition) is 14. The zero-order chi connectivity index (χ0) is 58.8. The molecule has 7 aromatic rings. The Bertz CT molecular complexity index is 3280. The Hall–Kier alpha value is -2.96. The van der Waals surface area contributed by atoms with E-state index < -0.39 is 0 Å². The van der Waals surface area contributed by atoms with E-state index in [2.05, 4.69) is 225 Å². The van der Waals surface area contributed by atoms with Crippen LogP contribution in [0.4, 0.5) is 0 Å². The molecule has 0 radical (unpaired) electrons. The smallest absolute Gasteiger partial charge is 0.165 e. The highest BCUT2D eigenvalue weighted by Crippen LogP contribution is 2.54. The van der Waals surface area contributed by atoms with Crippen LogP contribution in [-0.4, -0.2) is 77.8 Å². The van der Waals surface area contributed by atoms with Crippen molar-refractivity contribution in [2.45, 2.75) is 243 Å². The summed E-state index contributed by atoms with van der Waals surface area (Å²) in [5.74, 6) is 2.46. The summed E-state index contributed by atoms with van der Waals surface area (Å²) in [7, 11) is 0. The lowest BCUT2D eigenvalue weighted by Gasteiger charge is -2.23. The first kappa shape index (κ1) is 61.6. The SMILES string of the molecule is CC(C)(C)Sc1ccc(SC(C)(C)C)c2c1-c1nc-2nc2[nH]c(nc3nc(nc4[nH]c(n1)c1c(SC(C)(C)C)ccc(SC(C)(C)C)c41)-c1c(SC(C)(C)C)ccc(SC(C)(C)C)c1-3)c1c(SC(C)(C)C)ccc(SC(C)(C)C)c21. The average molecular weight is 1220 g/mol. The van der Waals surface area contributed by atoms with Crippen LogP contribution in [0.1, 0.15) is 166 Å². The van der Waals surface area contributed by atoms with Gasteiger partial charge in [-0.15, -0.1) is 94.1 Å². The minimum Gasteiger partial charge on any atom is -0.324 e. The van der Waals surface area contributed by atoms with E-state index in [1.165, 1.54) is 0 Å². The van der Waals surface area contributed by atoms with Gasteiger partial charge in [-0.1, -0.05) is 166 Å². The summed E-state index contributed by atoms with van der Waals surface area (Å²) in [5, 5.41) is 4.07. The summed E-state index contributed by atoms with van der Waals surface area (Å²) in [6, 6.07) is 18.3. The molecule has 80 heavy (non-hydrogen) atoms. The first-order valence-electron chi connectivity index (χ1n) is 27.6. The van der Waals surface area contributed by atoms with Crippen LogP contribution in [0, 0.1) is 0 Å². The van der Waals surface area contributed by atoms with E-state index in [1.54, 1.807) is 0 Å². The van der Waals surface area contributed by atoms with Gasteiger partial charge in [0, 0.05) is 121 Å². The van der Waals surface area contributed by atoms with Crippen molar-refractivity contribution in [3.05, 3.63) is 48.5 Å². The van der Waals surface area contributed by atoms with Crippen LogP contribution in [0.2, 0.25) is 0 Å². The van der Waals surface area contributed by atoms with E-state index in [4.69, 9.17) is 29.9 Å². The maximum Gasteiger partial charge on any atom is 0.165 e. The van der Waals surface area contributed by atoms with Crippen molar-refractivity contribution in [3.63, 3.8) is 0 Å². The number of benzene rings is 4. The molecule has 0 aliphatic carbocycles. The fourth-order valence-electron chi connectivity index (χ4n) is 9.39. The van der Waals surface area contributed by atoms with Gasteiger partial charge in [0.25, 0.3) is 0 Å². The molecule has 9 rings (SSSR count). The maximum absolute atomic E-state index is 5.85. The van der Waals surface area contributed by atoms with Gasteiger partial charge in [0.05, 0.1) is 0 Å². The molecule has 0 amide bonds. The molecule has 3 aromatic heterocycles. The second kappa shape index (κ2) is 21.5. The van der Waals surface area contributed by atoms with E-state index in [1.807, 2.05) is 94.1 Å². The van der Waals surface area contributed by atoms with Crippen molar-refractivity contribution in [2.24, 2.45) is 0 Å². The van der Waals surface area contributed by atoms with Gasteiger partial charge in [0.2, 0.25) is 0 Å². The quantitative estimate of drug-likeness (QED) is 0.141. The van der Waals surface area contributed by atoms with Crippen molar-refractivity contribution < 1.29 is 0 Å². The highest BCUT2D eigenvalue weighted by molar-refractivity contribution is 8.02. The van der Waals surface area contributed by atoms with Gasteiger partial charge in [-0.2, -0.15) is 0 Å². The number of aromatic nitrogens is 8. The third kappa shape index (κ3) is 14.4. The largest absolute Gasteiger partial charge is 0.324 e. The standard InChI is InChI=1S/C64H82N8S8/c1-57(2,3)73-33-25-26-34(74-58(4,5)6)42-41(33)49-65-50(42)70-52-45-37(77-61(13,14)15)29-30-38(78-62(16,17)18)46(45)54(67-52)72-56-48-40(80-64(22,23)24)32-31-39(79-63(19,20)21)47(48)55(68-56)71-53-44-36(76-60(10,11)12)28-27-35(75-59(7,8)9)43(44)51(66-53)69-49/h25-32H,1-24H3,(H2,65,66,67,68,69,70,71,72). The van der Waals surface area contributed by atoms with Crippen molar-refractivity contribution in [1.82, 2.24) is 39.9 Å². The predicted molar refractivity (Wildman–Crippen MR) is 361 cm³/mol. The lowest BCUT2D eigenvalue weighted by Crippen LogP contribution is -2.09. The molecule has 2 aliphatic heterocycles. The number of aromatic amines is 2. The second-order valence-corrected chi connectivity index (χ2v) is 43.5. The number of fused-ring (bicyclic) bond motifs is 20. The summed E-state index contributed by atoms with van der Waals surface area (Å²) in [4.78, 5) is 51.6. The van der Waals surface area contributed by atoms with Gasteiger partial charge in [0.15, 0.2) is 23.3 Å². The third-order valence-electron chi connectivity index (χ3n) is 11.5. The third-order valence-corrected chi connectivity index (χ3v) is 20.8. The molecule has 2 N–H and O–H groups in total. The van der Waals surface area contributed by atoms with Gasteiger partial charge in [-0.3, -0.25) is 0 Å². The summed E-state index contributed by atoms with van der Waals surface area (Å²) in [5.41, 5.74) is 6.77. The normalized spacial score (nSPS) is 13.9. The molecule has 0 spiro atoms. The Balaban J connectivity index is 1.62. The minimum atomic E-state index is -0.122. The van der Waals surface area contributed by atoms with E-state index in [0.717, 1.165) is 83.0 Å². The molecular formula is C64H82N8S8. The minimum absolute atomic E-state index is 0.119. The molecule has 0 saturated heterocycles. The number of thioether (sulfide) groups is 8. The molecular weight excluding hydrogens is 1140 g/mol. The molecule has 2 aliphatic rings. The first-order valence-corrected chi connectivity index (χ1v) is 34.1. The van der Waals surface area contributed by atoms with Crippen LogP contribution >= 0.6 is 94.1 Å². The average Bonchev–Trinajstić information content (AvgIpc) is 4.01. The fraction of sp³-hybridized carbons (Fsp3) is 0.500. The lowest BCUT2D eigenvalue weighted by molar-refractivity contribution is 0.801. The van der Waals surface area contributed by atoms with Crippen molar-refractivity contribution in [1.29, 1.82) is 0 Å². The van der Waals surface area contributed by atoms with Crippen molar-refractivity contribution in [3.8, 4) is 45.6 Å². The molecule has 0 unspecified atom stereocenters. The maximum atomic E-state index is 5.85. The van der Waals surface area contributed by atoms with E-state index >= 15 is 0 Å². The topological polar surface area (TPSA) is 109 Å². The van der Waals surface area contributed by atoms with Crippen LogP contribution in [0.5, 0.6) is 0 Å². The summed E-state index contributed by atoms with van der Waals surface area (Å²) in [6.45, 7) is 54.7. The predicted octanol–water partition coefficient (Wildman–Crippen LogP) is 22.0. The van der Waals surface area contributed by atoms with E-state index in [0.29, 0.717) is 45.9 Å². The van der Waals surface area contributed by atoms with Gasteiger partial charge < -0.3 is 9.97 Å². The number of hydrogen-bond donors (Lipinski definition) is 2. The van der Waals surface area contributed by atoms with E-state index in [-0.39, 0.29) is 38.0 Å². The van der Waals surface area contributed by atoms with Crippen LogP contribution in [0.25, 0.3) is 89.7 Å². The zero-order valence-corrected chi connectivity index (χ0v) is 58.1. The van der Waals surface area contributed by atoms with Crippen LogP contribution < -0.4 is 0 Å². The Morgan fingerprint density at radius 3 is 0.537 bits per heavy atom. The van der Waals surface area contributed by atoms with Gasteiger partial charge >= 0.3 is 0 Å². The summed E-state index contributed by atoms with van der Waals surface area (Å²) in [6.07, 6.45) is 0. The zero-order valence-electron chi connectivity index (χ0n) is 51.6. The van der Waals surface area contributed by atoms with Crippen LogP contribution in [-0.2, 0) is 0 Å². The Kier molecular flexibility index (Phi) is 16.6. The molecule has 0 atom stereocenters. The Morgan fingerprint density at radius 2 is 0.375 bits per heavy atom. The van der Waals surface area contributed by atoms with Gasteiger partial charge in [-0.05, 0) is 48.5 Å². The fourth-order valence-corrected chi connectivity index (χ4v) is 18.1. The highest BCUT2D eigenvalue weighted by atomic mass is 32.2. The van der Waals surface area contributed by atoms with E-state index in [9.17, 15) is 0 Å².